The lowest BCUT2D eigenvalue weighted by Gasteiger charge is -2.20. The van der Waals surface area contributed by atoms with Gasteiger partial charge in [0.25, 0.3) is 0 Å². The summed E-state index contributed by atoms with van der Waals surface area (Å²) in [6, 6.07) is 9.53. The molecule has 0 saturated carbocycles. The van der Waals surface area contributed by atoms with Gasteiger partial charge in [-0.2, -0.15) is 0 Å². The molecule has 0 aromatic heterocycles. The third kappa shape index (κ3) is 3.19. The molecule has 2 aromatic rings. The van der Waals surface area contributed by atoms with Gasteiger partial charge in [0.15, 0.2) is 11.5 Å². The molecule has 1 amide bonds. The topological polar surface area (TPSA) is 47.6 Å². The third-order valence-corrected chi connectivity index (χ3v) is 3.46. The molecule has 114 valence electrons. The van der Waals surface area contributed by atoms with Crippen molar-refractivity contribution in [1.29, 1.82) is 0 Å². The second-order valence-corrected chi connectivity index (χ2v) is 5.16. The third-order valence-electron chi connectivity index (χ3n) is 3.46. The first-order chi connectivity index (χ1) is 10.6. The number of anilines is 1. The Balaban J connectivity index is 1.74. The van der Waals surface area contributed by atoms with Crippen LogP contribution in [0.25, 0.3) is 0 Å². The van der Waals surface area contributed by atoms with Gasteiger partial charge in [-0.1, -0.05) is 6.07 Å². The van der Waals surface area contributed by atoms with Gasteiger partial charge < -0.3 is 14.8 Å². The SMILES string of the molecule is Cc1cc2c(cc1CC(=O)Nc1cccc(F)c1)OCCO2. The number of benzene rings is 2. The van der Waals surface area contributed by atoms with Crippen LogP contribution in [0.4, 0.5) is 10.1 Å². The van der Waals surface area contributed by atoms with Crippen molar-refractivity contribution in [3.05, 3.63) is 53.3 Å². The number of hydrogen-bond acceptors (Lipinski definition) is 3. The molecule has 0 aliphatic carbocycles. The number of halogens is 1. The van der Waals surface area contributed by atoms with E-state index in [1.165, 1.54) is 12.1 Å². The largest absolute Gasteiger partial charge is 0.486 e. The predicted molar refractivity (Wildman–Crippen MR) is 80.9 cm³/mol. The van der Waals surface area contributed by atoms with Crippen molar-refractivity contribution < 1.29 is 18.7 Å². The fraction of sp³-hybridized carbons (Fsp3) is 0.235. The number of aryl methyl sites for hydroxylation is 1. The summed E-state index contributed by atoms with van der Waals surface area (Å²) in [6.07, 6.45) is 0.193. The molecular weight excluding hydrogens is 285 g/mol. The maximum Gasteiger partial charge on any atom is 0.228 e. The zero-order valence-corrected chi connectivity index (χ0v) is 12.2. The van der Waals surface area contributed by atoms with Crippen LogP contribution in [0.5, 0.6) is 11.5 Å². The highest BCUT2D eigenvalue weighted by molar-refractivity contribution is 5.92. The average Bonchev–Trinajstić information content (AvgIpc) is 2.48. The highest BCUT2D eigenvalue weighted by Gasteiger charge is 2.16. The molecule has 22 heavy (non-hydrogen) atoms. The van der Waals surface area contributed by atoms with E-state index in [2.05, 4.69) is 5.32 Å². The van der Waals surface area contributed by atoms with Crippen LogP contribution in [-0.4, -0.2) is 19.1 Å². The van der Waals surface area contributed by atoms with Gasteiger partial charge in [0.2, 0.25) is 5.91 Å². The highest BCUT2D eigenvalue weighted by atomic mass is 19.1. The molecular formula is C17H16FNO3. The van der Waals surface area contributed by atoms with Crippen LogP contribution in [0.1, 0.15) is 11.1 Å². The smallest absolute Gasteiger partial charge is 0.228 e. The van der Waals surface area contributed by atoms with Crippen molar-refractivity contribution in [2.24, 2.45) is 0 Å². The second-order valence-electron chi connectivity index (χ2n) is 5.16. The van der Waals surface area contributed by atoms with E-state index >= 15 is 0 Å². The number of carbonyl (C=O) groups is 1. The van der Waals surface area contributed by atoms with Crippen molar-refractivity contribution in [1.82, 2.24) is 0 Å². The van der Waals surface area contributed by atoms with Gasteiger partial charge in [0, 0.05) is 5.69 Å². The summed E-state index contributed by atoms with van der Waals surface area (Å²) in [5.41, 5.74) is 2.26. The number of fused-ring (bicyclic) bond motifs is 1. The Morgan fingerprint density at radius 1 is 1.18 bits per heavy atom. The van der Waals surface area contributed by atoms with E-state index in [9.17, 15) is 9.18 Å². The molecule has 1 N–H and O–H groups in total. The van der Waals surface area contributed by atoms with Gasteiger partial charge >= 0.3 is 0 Å². The molecule has 3 rings (SSSR count). The van der Waals surface area contributed by atoms with E-state index in [0.717, 1.165) is 11.1 Å². The van der Waals surface area contributed by atoms with E-state index in [0.29, 0.717) is 30.4 Å². The van der Waals surface area contributed by atoms with Gasteiger partial charge in [-0.15, -0.1) is 0 Å². The molecule has 4 nitrogen and oxygen atoms in total. The Morgan fingerprint density at radius 2 is 1.91 bits per heavy atom. The Labute approximate surface area is 127 Å². The van der Waals surface area contributed by atoms with Crippen molar-refractivity contribution >= 4 is 11.6 Å². The summed E-state index contributed by atoms with van der Waals surface area (Å²) < 4.78 is 24.1. The van der Waals surface area contributed by atoms with Crippen LogP contribution in [-0.2, 0) is 11.2 Å². The number of nitrogens with one attached hydrogen (secondary N) is 1. The number of hydrogen-bond donors (Lipinski definition) is 1. The minimum atomic E-state index is -0.381. The maximum atomic E-state index is 13.1. The van der Waals surface area contributed by atoms with Gasteiger partial charge in [-0.3, -0.25) is 4.79 Å². The average molecular weight is 301 g/mol. The van der Waals surface area contributed by atoms with Gasteiger partial charge in [0.1, 0.15) is 19.0 Å². The Morgan fingerprint density at radius 3 is 2.64 bits per heavy atom. The fourth-order valence-electron chi connectivity index (χ4n) is 2.37. The molecule has 0 bridgehead atoms. The minimum Gasteiger partial charge on any atom is -0.486 e. The first-order valence-electron chi connectivity index (χ1n) is 7.06. The summed E-state index contributed by atoms with van der Waals surface area (Å²) in [5, 5.41) is 2.69. The minimum absolute atomic E-state index is 0.193. The maximum absolute atomic E-state index is 13.1. The molecule has 0 saturated heterocycles. The van der Waals surface area contributed by atoms with Crippen molar-refractivity contribution in [3.8, 4) is 11.5 Å². The Kier molecular flexibility index (Phi) is 3.96. The van der Waals surface area contributed by atoms with Gasteiger partial charge in [-0.25, -0.2) is 4.39 Å². The molecule has 5 heteroatoms. The van der Waals surface area contributed by atoms with E-state index in [-0.39, 0.29) is 18.1 Å². The summed E-state index contributed by atoms with van der Waals surface area (Å²) in [6.45, 7) is 2.96. The highest BCUT2D eigenvalue weighted by Crippen LogP contribution is 2.33. The summed E-state index contributed by atoms with van der Waals surface area (Å²) >= 11 is 0. The van der Waals surface area contributed by atoms with Crippen LogP contribution in [0, 0.1) is 12.7 Å². The van der Waals surface area contributed by atoms with Crippen LogP contribution in [0.2, 0.25) is 0 Å². The lowest BCUT2D eigenvalue weighted by Crippen LogP contribution is -2.18. The number of rotatable bonds is 3. The molecule has 0 radical (unpaired) electrons. The molecule has 1 aliphatic rings. The van der Waals surface area contributed by atoms with Crippen molar-refractivity contribution in [3.63, 3.8) is 0 Å². The molecule has 0 spiro atoms. The van der Waals surface area contributed by atoms with Gasteiger partial charge in [0.05, 0.1) is 6.42 Å². The molecule has 2 aromatic carbocycles. The first-order valence-corrected chi connectivity index (χ1v) is 7.06. The second kappa shape index (κ2) is 6.05. The quantitative estimate of drug-likeness (QED) is 0.947. The standard InChI is InChI=1S/C17H16FNO3/c1-11-7-15-16(22-6-5-21-15)8-12(11)9-17(20)19-14-4-2-3-13(18)10-14/h2-4,7-8,10H,5-6,9H2,1H3,(H,19,20). The summed E-state index contributed by atoms with van der Waals surface area (Å²) in [7, 11) is 0. The lowest BCUT2D eigenvalue weighted by atomic mass is 10.0. The Hall–Kier alpha value is -2.56. The van der Waals surface area contributed by atoms with Crippen molar-refractivity contribution in [2.75, 3.05) is 18.5 Å². The van der Waals surface area contributed by atoms with Crippen molar-refractivity contribution in [2.45, 2.75) is 13.3 Å². The zero-order chi connectivity index (χ0) is 15.5. The van der Waals surface area contributed by atoms with E-state index in [4.69, 9.17) is 9.47 Å². The van der Waals surface area contributed by atoms with Crippen LogP contribution < -0.4 is 14.8 Å². The van der Waals surface area contributed by atoms with Crippen LogP contribution in [0.3, 0.4) is 0 Å². The van der Waals surface area contributed by atoms with E-state index < -0.39 is 0 Å². The van der Waals surface area contributed by atoms with Gasteiger partial charge in [-0.05, 0) is 48.4 Å². The fourth-order valence-corrected chi connectivity index (χ4v) is 2.37. The van der Waals surface area contributed by atoms with E-state index in [1.54, 1.807) is 12.1 Å². The monoisotopic (exact) mass is 301 g/mol. The van der Waals surface area contributed by atoms with Crippen LogP contribution in [0.15, 0.2) is 36.4 Å². The normalized spacial score (nSPS) is 12.8. The molecule has 0 unspecified atom stereocenters. The summed E-state index contributed by atoms with van der Waals surface area (Å²) in [4.78, 5) is 12.1. The zero-order valence-electron chi connectivity index (χ0n) is 12.2. The number of ether oxygens (including phenoxy) is 2. The lowest BCUT2D eigenvalue weighted by molar-refractivity contribution is -0.115. The molecule has 0 fully saturated rings. The summed E-state index contributed by atoms with van der Waals surface area (Å²) in [5.74, 6) is 0.780. The Bertz CT molecular complexity index is 715. The number of amides is 1. The molecule has 1 aliphatic heterocycles. The number of carbonyl (C=O) groups excluding carboxylic acids is 1. The molecule has 1 heterocycles. The molecule has 0 atom stereocenters. The first kappa shape index (κ1) is 14.4. The predicted octanol–water partition coefficient (Wildman–Crippen LogP) is 3.09. The van der Waals surface area contributed by atoms with Crippen LogP contribution >= 0.6 is 0 Å². The van der Waals surface area contributed by atoms with E-state index in [1.807, 2.05) is 19.1 Å².